The van der Waals surface area contributed by atoms with E-state index in [1.807, 2.05) is 0 Å². The van der Waals surface area contributed by atoms with Crippen molar-refractivity contribution < 1.29 is 19.1 Å². The van der Waals surface area contributed by atoms with Gasteiger partial charge in [0.1, 0.15) is 18.2 Å². The quantitative estimate of drug-likeness (QED) is 0.314. The first-order valence-electron chi connectivity index (χ1n) is 8.00. The molecule has 25 heavy (non-hydrogen) atoms. The fourth-order valence-corrected chi connectivity index (χ4v) is 2.78. The second kappa shape index (κ2) is 8.27. The summed E-state index contributed by atoms with van der Waals surface area (Å²) in [6.45, 7) is 1.39. The van der Waals surface area contributed by atoms with Crippen LogP contribution in [0.4, 0.5) is 4.79 Å². The molecule has 134 valence electrons. The Balaban J connectivity index is 2.01. The van der Waals surface area contributed by atoms with E-state index in [0.29, 0.717) is 37.2 Å². The molecule has 1 saturated heterocycles. The van der Waals surface area contributed by atoms with Crippen molar-refractivity contribution in [2.24, 2.45) is 5.73 Å². The number of methoxy groups -OCH3 is 1. The number of nitrogens with one attached hydrogen (secondary N) is 1. The Morgan fingerprint density at radius 2 is 2.04 bits per heavy atom. The van der Waals surface area contributed by atoms with Crippen LogP contribution in [0.3, 0.4) is 0 Å². The Kier molecular flexibility index (Phi) is 6.10. The molecule has 0 aliphatic carbocycles. The molecule has 2 rings (SSSR count). The first kappa shape index (κ1) is 18.4. The summed E-state index contributed by atoms with van der Waals surface area (Å²) in [5.41, 5.74) is 6.65. The van der Waals surface area contributed by atoms with E-state index in [4.69, 9.17) is 11.1 Å². The number of aldehydes is 1. The number of nitrogens with two attached hydrogens (primary N) is 1. The van der Waals surface area contributed by atoms with E-state index in [1.54, 1.807) is 29.2 Å². The largest absolute Gasteiger partial charge is 0.469 e. The van der Waals surface area contributed by atoms with Crippen LogP contribution in [-0.2, 0) is 14.3 Å². The zero-order valence-electron chi connectivity index (χ0n) is 14.1. The molecule has 3 N–H and O–H groups in total. The smallest absolute Gasteiger partial charge is 0.321 e. The van der Waals surface area contributed by atoms with E-state index in [2.05, 4.69) is 4.74 Å². The molecule has 1 aliphatic heterocycles. The van der Waals surface area contributed by atoms with Crippen molar-refractivity contribution >= 4 is 24.1 Å². The number of carbonyl (C=O) groups is 3. The number of esters is 1. The molecule has 1 heterocycles. The van der Waals surface area contributed by atoms with E-state index < -0.39 is 6.04 Å². The summed E-state index contributed by atoms with van der Waals surface area (Å²) < 4.78 is 4.58. The predicted molar refractivity (Wildman–Crippen MR) is 91.2 cm³/mol. The summed E-state index contributed by atoms with van der Waals surface area (Å²) in [7, 11) is 1.33. The molecule has 0 aromatic heterocycles. The van der Waals surface area contributed by atoms with Crippen LogP contribution in [0, 0.1) is 5.41 Å². The Morgan fingerprint density at radius 3 is 2.60 bits per heavy atom. The molecule has 8 heteroatoms. The molecular formula is C17H22N4O4. The van der Waals surface area contributed by atoms with E-state index in [1.165, 1.54) is 12.0 Å². The SMILES string of the molecule is COC(=O)CCCN1CCN(C(C=O)c2ccc(C(=N)N)cc2)C1=O. The maximum Gasteiger partial charge on any atom is 0.321 e. The van der Waals surface area contributed by atoms with E-state index in [9.17, 15) is 14.4 Å². The molecule has 2 amide bonds. The molecule has 0 bridgehead atoms. The maximum absolute atomic E-state index is 12.5. The molecule has 1 aromatic carbocycles. The third kappa shape index (κ3) is 4.34. The van der Waals surface area contributed by atoms with E-state index in [-0.39, 0.29) is 24.3 Å². The number of ether oxygens (including phenoxy) is 1. The lowest BCUT2D eigenvalue weighted by atomic mass is 10.0. The molecule has 0 saturated carbocycles. The number of carbonyl (C=O) groups excluding carboxylic acids is 3. The van der Waals surface area contributed by atoms with Crippen molar-refractivity contribution in [1.29, 1.82) is 5.41 Å². The van der Waals surface area contributed by atoms with Gasteiger partial charge in [0.05, 0.1) is 7.11 Å². The van der Waals surface area contributed by atoms with Crippen LogP contribution in [0.2, 0.25) is 0 Å². The van der Waals surface area contributed by atoms with Crippen molar-refractivity contribution in [1.82, 2.24) is 9.80 Å². The fourth-order valence-electron chi connectivity index (χ4n) is 2.78. The Morgan fingerprint density at radius 1 is 1.36 bits per heavy atom. The fraction of sp³-hybridized carbons (Fsp3) is 0.412. The van der Waals surface area contributed by atoms with Gasteiger partial charge < -0.3 is 25.1 Å². The van der Waals surface area contributed by atoms with Gasteiger partial charge in [-0.2, -0.15) is 0 Å². The second-order valence-corrected chi connectivity index (χ2v) is 5.76. The Bertz CT molecular complexity index is 659. The van der Waals surface area contributed by atoms with Crippen molar-refractivity contribution in [3.05, 3.63) is 35.4 Å². The first-order chi connectivity index (χ1) is 12.0. The van der Waals surface area contributed by atoms with E-state index >= 15 is 0 Å². The monoisotopic (exact) mass is 346 g/mol. The predicted octanol–water partition coefficient (Wildman–Crippen LogP) is 0.901. The van der Waals surface area contributed by atoms with Gasteiger partial charge in [-0.15, -0.1) is 0 Å². The highest BCUT2D eigenvalue weighted by Crippen LogP contribution is 2.24. The highest BCUT2D eigenvalue weighted by molar-refractivity contribution is 5.95. The van der Waals surface area contributed by atoms with Crippen LogP contribution >= 0.6 is 0 Å². The second-order valence-electron chi connectivity index (χ2n) is 5.76. The van der Waals surface area contributed by atoms with Gasteiger partial charge in [0.25, 0.3) is 0 Å². The van der Waals surface area contributed by atoms with Gasteiger partial charge in [0, 0.05) is 31.6 Å². The number of benzene rings is 1. The number of rotatable bonds is 8. The van der Waals surface area contributed by atoms with Crippen molar-refractivity contribution in [3.8, 4) is 0 Å². The van der Waals surface area contributed by atoms with Crippen LogP contribution in [-0.4, -0.2) is 60.7 Å². The number of nitrogen functional groups attached to an aromatic ring is 1. The lowest BCUT2D eigenvalue weighted by Crippen LogP contribution is -2.36. The van der Waals surface area contributed by atoms with Gasteiger partial charge in [0.15, 0.2) is 0 Å². The standard InChI is InChI=1S/C17H22N4O4/c1-25-15(23)3-2-8-20-9-10-21(17(20)24)14(11-22)12-4-6-13(7-5-12)16(18)19/h4-7,11,14H,2-3,8-10H2,1H3,(H3,18,19). The molecule has 1 atom stereocenters. The Labute approximate surface area is 146 Å². The average Bonchev–Trinajstić information content (AvgIpc) is 2.97. The number of urea groups is 1. The van der Waals surface area contributed by atoms with Gasteiger partial charge in [-0.25, -0.2) is 4.79 Å². The van der Waals surface area contributed by atoms with Crippen LogP contribution in [0.15, 0.2) is 24.3 Å². The minimum absolute atomic E-state index is 0.0526. The molecular weight excluding hydrogens is 324 g/mol. The summed E-state index contributed by atoms with van der Waals surface area (Å²) in [6, 6.07) is 5.80. The van der Waals surface area contributed by atoms with Gasteiger partial charge in [-0.1, -0.05) is 24.3 Å². The lowest BCUT2D eigenvalue weighted by Gasteiger charge is -2.24. The molecule has 1 aliphatic rings. The summed E-state index contributed by atoms with van der Waals surface area (Å²) in [4.78, 5) is 38.4. The normalized spacial score (nSPS) is 15.2. The lowest BCUT2D eigenvalue weighted by molar-refractivity contribution is -0.140. The van der Waals surface area contributed by atoms with Crippen molar-refractivity contribution in [3.63, 3.8) is 0 Å². The van der Waals surface area contributed by atoms with Crippen LogP contribution in [0.1, 0.15) is 30.0 Å². The number of hydrogen-bond donors (Lipinski definition) is 2. The van der Waals surface area contributed by atoms with E-state index in [0.717, 1.165) is 6.29 Å². The zero-order chi connectivity index (χ0) is 18.4. The van der Waals surface area contributed by atoms with Gasteiger partial charge in [-0.3, -0.25) is 10.2 Å². The van der Waals surface area contributed by atoms with Crippen LogP contribution < -0.4 is 5.73 Å². The summed E-state index contributed by atoms with van der Waals surface area (Å²) in [5, 5.41) is 7.40. The number of nitrogens with zero attached hydrogens (tertiary/aromatic N) is 2. The van der Waals surface area contributed by atoms with Gasteiger partial charge in [0.2, 0.25) is 0 Å². The highest BCUT2D eigenvalue weighted by atomic mass is 16.5. The number of amides is 2. The average molecular weight is 346 g/mol. The van der Waals surface area contributed by atoms with Crippen LogP contribution in [0.5, 0.6) is 0 Å². The third-order valence-electron chi connectivity index (χ3n) is 4.19. The molecule has 0 radical (unpaired) electrons. The van der Waals surface area contributed by atoms with Gasteiger partial charge in [-0.05, 0) is 12.0 Å². The number of hydrogen-bond acceptors (Lipinski definition) is 5. The summed E-state index contributed by atoms with van der Waals surface area (Å²) in [5.74, 6) is -0.358. The molecule has 8 nitrogen and oxygen atoms in total. The van der Waals surface area contributed by atoms with Crippen LogP contribution in [0.25, 0.3) is 0 Å². The van der Waals surface area contributed by atoms with Crippen molar-refractivity contribution in [2.75, 3.05) is 26.7 Å². The highest BCUT2D eigenvalue weighted by Gasteiger charge is 2.34. The first-order valence-corrected chi connectivity index (χ1v) is 8.00. The van der Waals surface area contributed by atoms with Gasteiger partial charge >= 0.3 is 12.0 Å². The maximum atomic E-state index is 12.5. The minimum Gasteiger partial charge on any atom is -0.469 e. The zero-order valence-corrected chi connectivity index (χ0v) is 14.1. The molecule has 1 unspecified atom stereocenters. The Hall–Kier alpha value is -2.90. The molecule has 1 aromatic rings. The summed E-state index contributed by atoms with van der Waals surface area (Å²) >= 11 is 0. The third-order valence-corrected chi connectivity index (χ3v) is 4.19. The molecule has 1 fully saturated rings. The molecule has 0 spiro atoms. The minimum atomic E-state index is -0.681. The summed E-state index contributed by atoms with van der Waals surface area (Å²) in [6.07, 6.45) is 1.51. The van der Waals surface area contributed by atoms with Crippen molar-refractivity contribution in [2.45, 2.75) is 18.9 Å². The topological polar surface area (TPSA) is 117 Å². The number of amidine groups is 1.